The number of hydrogen-bond donors (Lipinski definition) is 0. The van der Waals surface area contributed by atoms with Crippen LogP contribution in [0.1, 0.15) is 6.92 Å². The van der Waals surface area contributed by atoms with Crippen molar-refractivity contribution in [3.05, 3.63) is 45.0 Å². The summed E-state index contributed by atoms with van der Waals surface area (Å²) < 4.78 is 2.61. The number of benzene rings is 1. The summed E-state index contributed by atoms with van der Waals surface area (Å²) in [6, 6.07) is 6.45. The molecule has 0 amide bonds. The Morgan fingerprint density at radius 1 is 1.53 bits per heavy atom. The van der Waals surface area contributed by atoms with E-state index in [1.165, 1.54) is 12.1 Å². The summed E-state index contributed by atoms with van der Waals surface area (Å²) in [7, 11) is 0. The highest BCUT2D eigenvalue weighted by atomic mass is 79.9. The number of halogens is 1. The molecule has 88 valence electrons. The molecule has 0 aliphatic carbocycles. The average molecular weight is 296 g/mol. The van der Waals surface area contributed by atoms with E-state index in [4.69, 9.17) is 0 Å². The van der Waals surface area contributed by atoms with Gasteiger partial charge >= 0.3 is 0 Å². The van der Waals surface area contributed by atoms with Crippen molar-refractivity contribution < 1.29 is 4.92 Å². The van der Waals surface area contributed by atoms with Crippen molar-refractivity contribution in [2.45, 2.75) is 13.5 Å². The van der Waals surface area contributed by atoms with E-state index in [9.17, 15) is 10.1 Å². The van der Waals surface area contributed by atoms with Gasteiger partial charge in [0.25, 0.3) is 5.69 Å². The first-order chi connectivity index (χ1) is 8.11. The molecule has 1 aromatic carbocycles. The summed E-state index contributed by atoms with van der Waals surface area (Å²) in [5, 5.41) is 15.0. The van der Waals surface area contributed by atoms with E-state index in [1.54, 1.807) is 16.8 Å². The number of non-ortho nitro benzene ring substituents is 1. The number of aryl methyl sites for hydroxylation is 1. The second kappa shape index (κ2) is 4.67. The summed E-state index contributed by atoms with van der Waals surface area (Å²) >= 11 is 3.40. The van der Waals surface area contributed by atoms with E-state index in [0.29, 0.717) is 0 Å². The van der Waals surface area contributed by atoms with Crippen molar-refractivity contribution in [3.8, 4) is 11.3 Å². The average Bonchev–Trinajstić information content (AvgIpc) is 2.71. The molecule has 1 aromatic heterocycles. The van der Waals surface area contributed by atoms with Crippen molar-refractivity contribution in [2.24, 2.45) is 0 Å². The van der Waals surface area contributed by atoms with Gasteiger partial charge in [-0.25, -0.2) is 0 Å². The quantitative estimate of drug-likeness (QED) is 0.645. The van der Waals surface area contributed by atoms with Crippen LogP contribution in [-0.2, 0) is 6.54 Å². The maximum atomic E-state index is 10.7. The van der Waals surface area contributed by atoms with Gasteiger partial charge in [-0.2, -0.15) is 5.10 Å². The van der Waals surface area contributed by atoms with Crippen LogP contribution in [-0.4, -0.2) is 14.7 Å². The lowest BCUT2D eigenvalue weighted by Crippen LogP contribution is -1.94. The van der Waals surface area contributed by atoms with Gasteiger partial charge in [0.2, 0.25) is 0 Å². The molecule has 0 unspecified atom stereocenters. The zero-order valence-electron chi connectivity index (χ0n) is 9.13. The number of aromatic nitrogens is 2. The maximum absolute atomic E-state index is 10.7. The molecule has 6 heteroatoms. The Labute approximate surface area is 106 Å². The van der Waals surface area contributed by atoms with Crippen molar-refractivity contribution in [2.75, 3.05) is 0 Å². The van der Waals surface area contributed by atoms with Gasteiger partial charge in [-0.1, -0.05) is 12.1 Å². The normalized spacial score (nSPS) is 10.5. The van der Waals surface area contributed by atoms with Crippen LogP contribution in [0.3, 0.4) is 0 Å². The van der Waals surface area contributed by atoms with Gasteiger partial charge in [0.05, 0.1) is 9.40 Å². The van der Waals surface area contributed by atoms with Gasteiger partial charge in [0, 0.05) is 30.4 Å². The minimum Gasteiger partial charge on any atom is -0.271 e. The van der Waals surface area contributed by atoms with Gasteiger partial charge in [0.15, 0.2) is 0 Å². The van der Waals surface area contributed by atoms with E-state index < -0.39 is 4.92 Å². The van der Waals surface area contributed by atoms with Gasteiger partial charge in [-0.3, -0.25) is 14.8 Å². The Kier molecular flexibility index (Phi) is 3.23. The first-order valence-corrected chi connectivity index (χ1v) is 5.89. The highest BCUT2D eigenvalue weighted by Gasteiger charge is 2.12. The van der Waals surface area contributed by atoms with Crippen molar-refractivity contribution in [1.82, 2.24) is 9.78 Å². The van der Waals surface area contributed by atoms with Crippen LogP contribution in [0.4, 0.5) is 5.69 Å². The summed E-state index contributed by atoms with van der Waals surface area (Å²) in [5.74, 6) is 0. The summed E-state index contributed by atoms with van der Waals surface area (Å²) in [5.41, 5.74) is 1.52. The molecule has 2 rings (SSSR count). The van der Waals surface area contributed by atoms with Crippen LogP contribution in [0, 0.1) is 10.1 Å². The third-order valence-corrected chi connectivity index (χ3v) is 2.95. The van der Waals surface area contributed by atoms with E-state index in [1.807, 2.05) is 13.1 Å². The number of nitrogens with zero attached hydrogens (tertiary/aromatic N) is 3. The maximum Gasteiger partial charge on any atom is 0.270 e. The highest BCUT2D eigenvalue weighted by molar-refractivity contribution is 9.10. The molecule has 0 aliphatic rings. The van der Waals surface area contributed by atoms with Crippen LogP contribution in [0.25, 0.3) is 11.3 Å². The molecule has 0 saturated carbocycles. The van der Waals surface area contributed by atoms with E-state index in [-0.39, 0.29) is 5.69 Å². The van der Waals surface area contributed by atoms with Crippen molar-refractivity contribution >= 4 is 21.6 Å². The van der Waals surface area contributed by atoms with Crippen molar-refractivity contribution in [1.29, 1.82) is 0 Å². The molecule has 0 aliphatic heterocycles. The van der Waals surface area contributed by atoms with Crippen LogP contribution in [0.5, 0.6) is 0 Å². The fourth-order valence-electron chi connectivity index (χ4n) is 1.52. The fraction of sp³-hybridized carbons (Fsp3) is 0.182. The molecular formula is C11H10BrN3O2. The lowest BCUT2D eigenvalue weighted by molar-refractivity contribution is -0.384. The molecule has 5 nitrogen and oxygen atoms in total. The zero-order chi connectivity index (χ0) is 12.4. The zero-order valence-corrected chi connectivity index (χ0v) is 10.7. The molecule has 0 atom stereocenters. The summed E-state index contributed by atoms with van der Waals surface area (Å²) in [6.07, 6.45) is 1.86. The van der Waals surface area contributed by atoms with Crippen LogP contribution in [0.15, 0.2) is 34.9 Å². The second-order valence-electron chi connectivity index (χ2n) is 3.49. The molecular weight excluding hydrogens is 286 g/mol. The monoisotopic (exact) mass is 295 g/mol. The summed E-state index contributed by atoms with van der Waals surface area (Å²) in [4.78, 5) is 10.3. The predicted octanol–water partition coefficient (Wildman–Crippen LogP) is 3.24. The molecule has 0 spiro atoms. The molecule has 0 saturated heterocycles. The smallest absolute Gasteiger partial charge is 0.270 e. The Bertz CT molecular complexity index is 566. The SMILES string of the molecule is CCn1cc(Br)c(-c2cccc([N+](=O)[O-])c2)n1. The van der Waals surface area contributed by atoms with Gasteiger partial charge in [-0.05, 0) is 22.9 Å². The summed E-state index contributed by atoms with van der Waals surface area (Å²) in [6.45, 7) is 2.74. The topological polar surface area (TPSA) is 61.0 Å². The van der Waals surface area contributed by atoms with Crippen LogP contribution < -0.4 is 0 Å². The first kappa shape index (κ1) is 11.8. The molecule has 17 heavy (non-hydrogen) atoms. The predicted molar refractivity (Wildman–Crippen MR) is 67.7 cm³/mol. The standard InChI is InChI=1S/C11H10BrN3O2/c1-2-14-7-10(12)11(13-14)8-4-3-5-9(6-8)15(16)17/h3-7H,2H2,1H3. The van der Waals surface area contributed by atoms with E-state index in [0.717, 1.165) is 22.3 Å². The Morgan fingerprint density at radius 2 is 2.29 bits per heavy atom. The second-order valence-corrected chi connectivity index (χ2v) is 4.34. The Balaban J connectivity index is 2.48. The van der Waals surface area contributed by atoms with Gasteiger partial charge in [0.1, 0.15) is 5.69 Å². The van der Waals surface area contributed by atoms with E-state index >= 15 is 0 Å². The molecule has 0 bridgehead atoms. The highest BCUT2D eigenvalue weighted by Crippen LogP contribution is 2.28. The number of nitro groups is 1. The lowest BCUT2D eigenvalue weighted by Gasteiger charge is -1.98. The Morgan fingerprint density at radius 3 is 2.88 bits per heavy atom. The Hall–Kier alpha value is -1.69. The van der Waals surface area contributed by atoms with Gasteiger partial charge in [-0.15, -0.1) is 0 Å². The van der Waals surface area contributed by atoms with Gasteiger partial charge < -0.3 is 0 Å². The molecule has 1 heterocycles. The molecule has 2 aromatic rings. The molecule has 0 fully saturated rings. The number of rotatable bonds is 3. The largest absolute Gasteiger partial charge is 0.271 e. The van der Waals surface area contributed by atoms with E-state index in [2.05, 4.69) is 21.0 Å². The lowest BCUT2D eigenvalue weighted by atomic mass is 10.1. The first-order valence-electron chi connectivity index (χ1n) is 5.09. The van der Waals surface area contributed by atoms with Crippen molar-refractivity contribution in [3.63, 3.8) is 0 Å². The third kappa shape index (κ3) is 2.36. The third-order valence-electron chi connectivity index (χ3n) is 2.37. The number of nitro benzene ring substituents is 1. The van der Waals surface area contributed by atoms with Crippen LogP contribution in [0.2, 0.25) is 0 Å². The minimum absolute atomic E-state index is 0.0699. The number of hydrogen-bond acceptors (Lipinski definition) is 3. The molecule has 0 radical (unpaired) electrons. The fourth-order valence-corrected chi connectivity index (χ4v) is 2.07. The molecule has 0 N–H and O–H groups in total. The van der Waals surface area contributed by atoms with Crippen LogP contribution >= 0.6 is 15.9 Å². The minimum atomic E-state index is -0.409.